The molecule has 2 aromatic carbocycles. The Hall–Kier alpha value is -3.58. The largest absolute Gasteiger partial charge is 0.496 e. The van der Waals surface area contributed by atoms with Crippen LogP contribution in [-0.2, 0) is 9.59 Å². The molecule has 5 nitrogen and oxygen atoms in total. The Labute approximate surface area is 188 Å². The molecule has 0 unspecified atom stereocenters. The van der Waals surface area contributed by atoms with Crippen LogP contribution in [0.4, 0.5) is 4.39 Å². The van der Waals surface area contributed by atoms with Gasteiger partial charge in [-0.25, -0.2) is 4.39 Å². The zero-order valence-electron chi connectivity index (χ0n) is 17.5. The first-order valence-electron chi connectivity index (χ1n) is 9.98. The van der Waals surface area contributed by atoms with Crippen molar-refractivity contribution < 1.29 is 23.5 Å². The van der Waals surface area contributed by atoms with Crippen LogP contribution in [0.25, 0.3) is 15.7 Å². The number of ketones is 2. The zero-order chi connectivity index (χ0) is 22.8. The lowest BCUT2D eigenvalue weighted by Crippen LogP contribution is -2.32. The molecule has 1 heterocycles. The van der Waals surface area contributed by atoms with Crippen LogP contribution in [0.2, 0.25) is 0 Å². The van der Waals surface area contributed by atoms with Gasteiger partial charge in [-0.05, 0) is 37.1 Å². The number of halogens is 1. The van der Waals surface area contributed by atoms with Crippen LogP contribution in [0.3, 0.4) is 0 Å². The maximum absolute atomic E-state index is 14.0. The van der Waals surface area contributed by atoms with E-state index in [0.717, 1.165) is 5.56 Å². The van der Waals surface area contributed by atoms with Crippen molar-refractivity contribution in [2.24, 2.45) is 0 Å². The van der Waals surface area contributed by atoms with Gasteiger partial charge < -0.3 is 10.1 Å². The highest BCUT2D eigenvalue weighted by molar-refractivity contribution is 7.17. The van der Waals surface area contributed by atoms with Gasteiger partial charge in [0.05, 0.1) is 23.9 Å². The number of rotatable bonds is 6. The molecule has 0 aliphatic heterocycles. The lowest BCUT2D eigenvalue weighted by atomic mass is 9.89. The van der Waals surface area contributed by atoms with Crippen LogP contribution in [-0.4, -0.2) is 31.1 Å². The third-order valence-electron chi connectivity index (χ3n) is 5.36. The molecule has 1 amide bonds. The van der Waals surface area contributed by atoms with E-state index < -0.39 is 17.5 Å². The van der Waals surface area contributed by atoms with Gasteiger partial charge in [-0.15, -0.1) is 11.3 Å². The number of ether oxygens (including phenoxy) is 1. The Kier molecular flexibility index (Phi) is 6.01. The number of amides is 1. The van der Waals surface area contributed by atoms with E-state index in [1.807, 2.05) is 6.92 Å². The molecule has 1 aromatic heterocycles. The average molecular weight is 450 g/mol. The normalized spacial score (nSPS) is 13.5. The Balaban J connectivity index is 1.48. The highest BCUT2D eigenvalue weighted by Crippen LogP contribution is 2.35. The molecule has 1 aliphatic rings. The Bertz CT molecular complexity index is 1320. The predicted octanol–water partition coefficient (Wildman–Crippen LogP) is 4.64. The number of carbonyl (C=O) groups excluding carboxylic acids is 3. The maximum Gasteiger partial charge on any atom is 0.251 e. The SMILES string of the molecule is COc1cc(C(=O)NCC(=O)C2=CCC=C(c3csc4c(F)cccc34)C2=O)ccc1C. The molecular formula is C25H20FNO4S. The molecule has 4 rings (SSSR count). The number of fused-ring (bicyclic) bond motifs is 1. The van der Waals surface area contributed by atoms with Gasteiger partial charge in [0, 0.05) is 27.5 Å². The van der Waals surface area contributed by atoms with Gasteiger partial charge in [0.25, 0.3) is 5.91 Å². The van der Waals surface area contributed by atoms with Crippen molar-refractivity contribution in [2.45, 2.75) is 13.3 Å². The van der Waals surface area contributed by atoms with E-state index in [2.05, 4.69) is 5.32 Å². The van der Waals surface area contributed by atoms with E-state index in [0.29, 0.717) is 39.0 Å². The number of carbonyl (C=O) groups is 3. The zero-order valence-corrected chi connectivity index (χ0v) is 18.3. The Morgan fingerprint density at radius 2 is 2.00 bits per heavy atom. The number of hydrogen-bond acceptors (Lipinski definition) is 5. The number of thiophene rings is 1. The summed E-state index contributed by atoms with van der Waals surface area (Å²) < 4.78 is 19.7. The minimum Gasteiger partial charge on any atom is -0.496 e. The summed E-state index contributed by atoms with van der Waals surface area (Å²) in [5.41, 5.74) is 2.26. The van der Waals surface area contributed by atoms with Gasteiger partial charge in [0.15, 0.2) is 11.6 Å². The first-order chi connectivity index (χ1) is 15.4. The quantitative estimate of drug-likeness (QED) is 0.557. The van der Waals surface area contributed by atoms with Crippen molar-refractivity contribution in [3.8, 4) is 5.75 Å². The average Bonchev–Trinajstić information content (AvgIpc) is 3.23. The van der Waals surface area contributed by atoms with Crippen molar-refractivity contribution >= 4 is 44.5 Å². The molecule has 0 fully saturated rings. The van der Waals surface area contributed by atoms with Crippen molar-refractivity contribution in [1.29, 1.82) is 0 Å². The van der Waals surface area contributed by atoms with Crippen LogP contribution in [0.1, 0.15) is 27.9 Å². The second-order valence-electron chi connectivity index (χ2n) is 7.36. The lowest BCUT2D eigenvalue weighted by molar-refractivity contribution is -0.118. The molecule has 0 saturated carbocycles. The topological polar surface area (TPSA) is 72.5 Å². The van der Waals surface area contributed by atoms with Crippen LogP contribution < -0.4 is 10.1 Å². The molecule has 0 atom stereocenters. The van der Waals surface area contributed by atoms with Crippen LogP contribution in [0.5, 0.6) is 5.75 Å². The molecule has 32 heavy (non-hydrogen) atoms. The summed E-state index contributed by atoms with van der Waals surface area (Å²) >= 11 is 1.22. The third kappa shape index (κ3) is 3.99. The summed E-state index contributed by atoms with van der Waals surface area (Å²) in [6, 6.07) is 9.73. The maximum atomic E-state index is 14.0. The standard InChI is InChI=1S/C25H20FNO4S/c1-14-9-10-15(11-22(14)31-2)25(30)27-12-21(28)18-7-3-5-16(23(18)29)19-13-32-24-17(19)6-4-8-20(24)26/h4-11,13H,3,12H2,1-2H3,(H,27,30). The molecule has 1 aliphatic carbocycles. The smallest absolute Gasteiger partial charge is 0.251 e. The summed E-state index contributed by atoms with van der Waals surface area (Å²) in [5, 5.41) is 4.95. The van der Waals surface area contributed by atoms with E-state index in [-0.39, 0.29) is 17.9 Å². The Morgan fingerprint density at radius 3 is 2.78 bits per heavy atom. The van der Waals surface area contributed by atoms with Crippen LogP contribution in [0, 0.1) is 12.7 Å². The second-order valence-corrected chi connectivity index (χ2v) is 8.24. The van der Waals surface area contributed by atoms with Crippen molar-refractivity contribution in [3.63, 3.8) is 0 Å². The first-order valence-corrected chi connectivity index (χ1v) is 10.9. The minimum atomic E-state index is -0.473. The molecule has 0 spiro atoms. The first kappa shape index (κ1) is 21.6. The van der Waals surface area contributed by atoms with E-state index in [9.17, 15) is 18.8 Å². The number of nitrogens with one attached hydrogen (secondary N) is 1. The van der Waals surface area contributed by atoms with E-state index >= 15 is 0 Å². The monoisotopic (exact) mass is 449 g/mol. The fourth-order valence-corrected chi connectivity index (χ4v) is 4.62. The van der Waals surface area contributed by atoms with Crippen LogP contribution >= 0.6 is 11.3 Å². The molecular weight excluding hydrogens is 429 g/mol. The molecule has 7 heteroatoms. The highest BCUT2D eigenvalue weighted by atomic mass is 32.1. The van der Waals surface area contributed by atoms with Crippen molar-refractivity contribution in [3.05, 3.63) is 82.0 Å². The van der Waals surface area contributed by atoms with Crippen LogP contribution in [0.15, 0.2) is 59.5 Å². The molecule has 3 aromatic rings. The van der Waals surface area contributed by atoms with Gasteiger partial charge in [-0.3, -0.25) is 14.4 Å². The molecule has 0 radical (unpaired) electrons. The Morgan fingerprint density at radius 1 is 1.19 bits per heavy atom. The van der Waals surface area contributed by atoms with E-state index in [1.54, 1.807) is 47.9 Å². The minimum absolute atomic E-state index is 0.0278. The van der Waals surface area contributed by atoms with Gasteiger partial charge >= 0.3 is 0 Å². The summed E-state index contributed by atoms with van der Waals surface area (Å²) in [7, 11) is 1.52. The number of allylic oxidation sites excluding steroid dienone is 3. The van der Waals surface area contributed by atoms with Crippen molar-refractivity contribution in [1.82, 2.24) is 5.32 Å². The fourth-order valence-electron chi connectivity index (χ4n) is 3.65. The number of aryl methyl sites for hydroxylation is 1. The summed E-state index contributed by atoms with van der Waals surface area (Å²) in [4.78, 5) is 38.2. The molecule has 1 N–H and O–H groups in total. The summed E-state index contributed by atoms with van der Waals surface area (Å²) in [6.45, 7) is 1.56. The fraction of sp³-hybridized carbons (Fsp3) is 0.160. The number of benzene rings is 2. The number of hydrogen-bond donors (Lipinski definition) is 1. The lowest BCUT2D eigenvalue weighted by Gasteiger charge is -2.14. The van der Waals surface area contributed by atoms with Gasteiger partial charge in [-0.1, -0.05) is 30.4 Å². The third-order valence-corrected chi connectivity index (χ3v) is 6.36. The molecule has 0 bridgehead atoms. The summed E-state index contributed by atoms with van der Waals surface area (Å²) in [5.74, 6) is -1.10. The highest BCUT2D eigenvalue weighted by Gasteiger charge is 2.27. The van der Waals surface area contributed by atoms with E-state index in [1.165, 1.54) is 24.5 Å². The van der Waals surface area contributed by atoms with Gasteiger partial charge in [0.1, 0.15) is 11.6 Å². The van der Waals surface area contributed by atoms with Gasteiger partial charge in [-0.2, -0.15) is 0 Å². The molecule has 162 valence electrons. The predicted molar refractivity (Wildman–Crippen MR) is 123 cm³/mol. The van der Waals surface area contributed by atoms with Gasteiger partial charge in [0.2, 0.25) is 0 Å². The van der Waals surface area contributed by atoms with E-state index in [4.69, 9.17) is 4.74 Å². The number of methoxy groups -OCH3 is 1. The van der Waals surface area contributed by atoms with Crippen molar-refractivity contribution in [2.75, 3.05) is 13.7 Å². The summed E-state index contributed by atoms with van der Waals surface area (Å²) in [6.07, 6.45) is 3.70. The second kappa shape index (κ2) is 8.88. The molecule has 0 saturated heterocycles. The number of Topliss-reactive ketones (excluding diaryl/α,β-unsaturated/α-hetero) is 2.